The molecule has 2 aliphatic rings. The van der Waals surface area contributed by atoms with E-state index in [1.54, 1.807) is 18.3 Å². The molecule has 3 heterocycles. The fraction of sp³-hybridized carbons (Fsp3) is 0.333. The van der Waals surface area contributed by atoms with Crippen molar-refractivity contribution in [2.75, 3.05) is 38.7 Å². The highest BCUT2D eigenvalue weighted by molar-refractivity contribution is 5.94. The van der Waals surface area contributed by atoms with Gasteiger partial charge in [0.25, 0.3) is 5.91 Å². The third-order valence-electron chi connectivity index (χ3n) is 4.53. The molecule has 0 saturated carbocycles. The molecule has 1 aromatic carbocycles. The Balaban J connectivity index is 1.34. The van der Waals surface area contributed by atoms with E-state index >= 15 is 0 Å². The van der Waals surface area contributed by atoms with Crippen LogP contribution in [0.3, 0.4) is 0 Å². The average Bonchev–Trinajstić information content (AvgIpc) is 3.09. The quantitative estimate of drug-likeness (QED) is 0.908. The van der Waals surface area contributed by atoms with Gasteiger partial charge in [0.2, 0.25) is 6.79 Å². The van der Waals surface area contributed by atoms with Gasteiger partial charge in [0.1, 0.15) is 5.82 Å². The normalized spacial score (nSPS) is 16.9. The fourth-order valence-electron chi connectivity index (χ4n) is 3.17. The molecule has 7 nitrogen and oxygen atoms in total. The van der Waals surface area contributed by atoms with Crippen molar-refractivity contribution in [3.8, 4) is 11.5 Å². The molecule has 2 N–H and O–H groups in total. The van der Waals surface area contributed by atoms with Crippen LogP contribution in [0, 0.1) is 0 Å². The Kier molecular flexibility index (Phi) is 4.15. The number of carbonyl (C=O) groups excluding carboxylic acids is 1. The Bertz CT molecular complexity index is 788. The number of nitrogens with zero attached hydrogens (tertiary/aromatic N) is 3. The summed E-state index contributed by atoms with van der Waals surface area (Å²) in [6.45, 7) is 4.19. The first-order valence-electron chi connectivity index (χ1n) is 8.31. The van der Waals surface area contributed by atoms with Gasteiger partial charge in [-0.15, -0.1) is 0 Å². The van der Waals surface area contributed by atoms with Crippen LogP contribution in [0.5, 0.6) is 11.5 Å². The van der Waals surface area contributed by atoms with Crippen LogP contribution < -0.4 is 15.2 Å². The van der Waals surface area contributed by atoms with E-state index in [1.165, 1.54) is 5.56 Å². The van der Waals surface area contributed by atoms with Crippen LogP contribution in [-0.2, 0) is 6.54 Å². The van der Waals surface area contributed by atoms with Crippen LogP contribution in [0.15, 0.2) is 36.5 Å². The lowest BCUT2D eigenvalue weighted by atomic mass is 10.1. The second kappa shape index (κ2) is 6.60. The molecule has 0 atom stereocenters. The summed E-state index contributed by atoms with van der Waals surface area (Å²) in [7, 11) is 0. The molecule has 25 heavy (non-hydrogen) atoms. The smallest absolute Gasteiger partial charge is 0.254 e. The van der Waals surface area contributed by atoms with Gasteiger partial charge >= 0.3 is 0 Å². The molecule has 0 bridgehead atoms. The average molecular weight is 340 g/mol. The maximum atomic E-state index is 12.5. The Morgan fingerprint density at radius 1 is 1.08 bits per heavy atom. The van der Waals surface area contributed by atoms with Gasteiger partial charge in [-0.1, -0.05) is 6.07 Å². The Hall–Kier alpha value is -2.80. The molecule has 0 unspecified atom stereocenters. The van der Waals surface area contributed by atoms with E-state index in [0.717, 1.165) is 31.1 Å². The highest BCUT2D eigenvalue weighted by Gasteiger charge is 2.23. The van der Waals surface area contributed by atoms with Gasteiger partial charge in [0.15, 0.2) is 11.5 Å². The largest absolute Gasteiger partial charge is 0.454 e. The number of rotatable bonds is 3. The number of piperazine rings is 1. The van der Waals surface area contributed by atoms with Gasteiger partial charge in [-0.2, -0.15) is 0 Å². The van der Waals surface area contributed by atoms with Crippen LogP contribution >= 0.6 is 0 Å². The molecular weight excluding hydrogens is 320 g/mol. The first-order valence-corrected chi connectivity index (χ1v) is 8.31. The SMILES string of the molecule is Nc1cc(C(=O)N2CCN(Cc3ccc4c(c3)OCO4)CC2)ccn1. The zero-order valence-electron chi connectivity index (χ0n) is 13.9. The summed E-state index contributed by atoms with van der Waals surface area (Å²) in [6.07, 6.45) is 1.57. The molecule has 0 spiro atoms. The van der Waals surface area contributed by atoms with E-state index in [1.807, 2.05) is 17.0 Å². The van der Waals surface area contributed by atoms with Crippen LogP contribution in [0.25, 0.3) is 0 Å². The number of hydrogen-bond donors (Lipinski definition) is 1. The first kappa shape index (κ1) is 15.7. The zero-order chi connectivity index (χ0) is 17.2. The maximum absolute atomic E-state index is 12.5. The molecule has 1 fully saturated rings. The summed E-state index contributed by atoms with van der Waals surface area (Å²) in [5.41, 5.74) is 7.44. The number of benzene rings is 1. The first-order chi connectivity index (χ1) is 12.2. The van der Waals surface area contributed by atoms with Gasteiger partial charge < -0.3 is 20.1 Å². The third kappa shape index (κ3) is 3.36. The standard InChI is InChI=1S/C18H20N4O3/c19-17-10-14(3-4-20-17)18(23)22-7-5-21(6-8-22)11-13-1-2-15-16(9-13)25-12-24-15/h1-4,9-10H,5-8,11-12H2,(H2,19,20). The third-order valence-corrected chi connectivity index (χ3v) is 4.53. The lowest BCUT2D eigenvalue weighted by Crippen LogP contribution is -2.48. The van der Waals surface area contributed by atoms with Crippen molar-refractivity contribution in [1.82, 2.24) is 14.8 Å². The minimum atomic E-state index is 0.0110. The minimum Gasteiger partial charge on any atom is -0.454 e. The highest BCUT2D eigenvalue weighted by atomic mass is 16.7. The highest BCUT2D eigenvalue weighted by Crippen LogP contribution is 2.32. The Morgan fingerprint density at radius 3 is 2.68 bits per heavy atom. The molecule has 1 amide bonds. The number of pyridine rings is 1. The molecule has 0 radical (unpaired) electrons. The van der Waals surface area contributed by atoms with Crippen molar-refractivity contribution in [2.24, 2.45) is 0 Å². The van der Waals surface area contributed by atoms with Crippen molar-refractivity contribution in [2.45, 2.75) is 6.54 Å². The van der Waals surface area contributed by atoms with E-state index in [4.69, 9.17) is 15.2 Å². The van der Waals surface area contributed by atoms with E-state index in [-0.39, 0.29) is 5.91 Å². The van der Waals surface area contributed by atoms with Crippen molar-refractivity contribution < 1.29 is 14.3 Å². The monoisotopic (exact) mass is 340 g/mol. The summed E-state index contributed by atoms with van der Waals surface area (Å²) in [4.78, 5) is 20.7. The van der Waals surface area contributed by atoms with Crippen LogP contribution in [0.1, 0.15) is 15.9 Å². The Labute approximate surface area is 145 Å². The van der Waals surface area contributed by atoms with E-state index in [0.29, 0.717) is 31.3 Å². The molecular formula is C18H20N4O3. The molecule has 2 aliphatic heterocycles. The van der Waals surface area contributed by atoms with Gasteiger partial charge in [0, 0.05) is 44.5 Å². The molecule has 0 aliphatic carbocycles. The number of aromatic nitrogens is 1. The summed E-state index contributed by atoms with van der Waals surface area (Å²) in [6, 6.07) is 9.37. The zero-order valence-corrected chi connectivity index (χ0v) is 13.9. The number of nitrogen functional groups attached to an aromatic ring is 1. The molecule has 4 rings (SSSR count). The van der Waals surface area contributed by atoms with Crippen molar-refractivity contribution in [1.29, 1.82) is 0 Å². The maximum Gasteiger partial charge on any atom is 0.254 e. The van der Waals surface area contributed by atoms with Gasteiger partial charge in [-0.3, -0.25) is 9.69 Å². The summed E-state index contributed by atoms with van der Waals surface area (Å²) < 4.78 is 10.8. The number of nitrogens with two attached hydrogens (primary N) is 1. The van der Waals surface area contributed by atoms with Gasteiger partial charge in [-0.25, -0.2) is 4.98 Å². The predicted molar refractivity (Wildman–Crippen MR) is 92.4 cm³/mol. The minimum absolute atomic E-state index is 0.0110. The Morgan fingerprint density at radius 2 is 1.88 bits per heavy atom. The number of anilines is 1. The molecule has 7 heteroatoms. The number of fused-ring (bicyclic) bond motifs is 1. The number of carbonyl (C=O) groups is 1. The van der Waals surface area contributed by atoms with Crippen LogP contribution in [-0.4, -0.2) is 53.7 Å². The number of hydrogen-bond acceptors (Lipinski definition) is 6. The van der Waals surface area contributed by atoms with E-state index in [2.05, 4.69) is 16.0 Å². The van der Waals surface area contributed by atoms with Gasteiger partial charge in [-0.05, 0) is 29.8 Å². The van der Waals surface area contributed by atoms with Crippen molar-refractivity contribution in [3.63, 3.8) is 0 Å². The van der Waals surface area contributed by atoms with Crippen LogP contribution in [0.4, 0.5) is 5.82 Å². The predicted octanol–water partition coefficient (Wildman–Crippen LogP) is 1.35. The fourth-order valence-corrected chi connectivity index (χ4v) is 3.17. The van der Waals surface area contributed by atoms with Gasteiger partial charge in [0.05, 0.1) is 0 Å². The summed E-state index contributed by atoms with van der Waals surface area (Å²) in [5, 5.41) is 0. The molecule has 2 aromatic rings. The van der Waals surface area contributed by atoms with E-state index in [9.17, 15) is 4.79 Å². The second-order valence-electron chi connectivity index (χ2n) is 6.23. The lowest BCUT2D eigenvalue weighted by molar-refractivity contribution is 0.0628. The van der Waals surface area contributed by atoms with E-state index < -0.39 is 0 Å². The van der Waals surface area contributed by atoms with Crippen LogP contribution in [0.2, 0.25) is 0 Å². The summed E-state index contributed by atoms with van der Waals surface area (Å²) in [5.74, 6) is 1.99. The lowest BCUT2D eigenvalue weighted by Gasteiger charge is -2.34. The number of ether oxygens (including phenoxy) is 2. The molecule has 1 aromatic heterocycles. The topological polar surface area (TPSA) is 80.9 Å². The number of amides is 1. The molecule has 1 saturated heterocycles. The van der Waals surface area contributed by atoms with Crippen molar-refractivity contribution >= 4 is 11.7 Å². The molecule has 130 valence electrons. The second-order valence-corrected chi connectivity index (χ2v) is 6.23. The van der Waals surface area contributed by atoms with Crippen molar-refractivity contribution in [3.05, 3.63) is 47.7 Å². The summed E-state index contributed by atoms with van der Waals surface area (Å²) >= 11 is 0.